The molecule has 12 heavy (non-hydrogen) atoms. The van der Waals surface area contributed by atoms with Crippen molar-refractivity contribution in [1.82, 2.24) is 9.80 Å². The Balaban J connectivity index is 3.37. The first-order valence-electron chi connectivity index (χ1n) is 4.49. The maximum absolute atomic E-state index is 5.74. The van der Waals surface area contributed by atoms with Crippen LogP contribution in [-0.2, 0) is 0 Å². The van der Waals surface area contributed by atoms with Crippen molar-refractivity contribution in [3.05, 3.63) is 0 Å². The second-order valence-electron chi connectivity index (χ2n) is 3.64. The van der Waals surface area contributed by atoms with Gasteiger partial charge in [-0.1, -0.05) is 0 Å². The van der Waals surface area contributed by atoms with Gasteiger partial charge in [-0.25, -0.2) is 0 Å². The molecule has 0 spiro atoms. The highest BCUT2D eigenvalue weighted by Gasteiger charge is 2.06. The van der Waals surface area contributed by atoms with Gasteiger partial charge >= 0.3 is 0 Å². The van der Waals surface area contributed by atoms with E-state index < -0.39 is 0 Å². The molecule has 0 amide bonds. The van der Waals surface area contributed by atoms with E-state index in [1.54, 1.807) is 0 Å². The summed E-state index contributed by atoms with van der Waals surface area (Å²) in [4.78, 5) is 4.51. The normalized spacial score (nSPS) is 14.2. The van der Waals surface area contributed by atoms with Gasteiger partial charge in [0, 0.05) is 11.9 Å². The van der Waals surface area contributed by atoms with Crippen molar-refractivity contribution >= 4 is 11.6 Å². The molecule has 1 atom stereocenters. The molecule has 0 rings (SSSR count). The number of nitrogens with zero attached hydrogens (tertiary/aromatic N) is 2. The first kappa shape index (κ1) is 12.2. The van der Waals surface area contributed by atoms with E-state index in [9.17, 15) is 0 Å². The van der Waals surface area contributed by atoms with Crippen molar-refractivity contribution in [2.45, 2.75) is 19.4 Å². The van der Waals surface area contributed by atoms with Crippen molar-refractivity contribution in [3.8, 4) is 0 Å². The van der Waals surface area contributed by atoms with E-state index in [1.165, 1.54) is 6.42 Å². The molecule has 0 aromatic heterocycles. The lowest BCUT2D eigenvalue weighted by Crippen LogP contribution is -2.32. The molecule has 0 heterocycles. The molecule has 1 unspecified atom stereocenters. The number of rotatable bonds is 6. The summed E-state index contributed by atoms with van der Waals surface area (Å²) in [5.74, 6) is 0.721. The SMILES string of the molecule is CC(CCl)N(C)CCCN(C)C. The molecule has 0 aliphatic carbocycles. The highest BCUT2D eigenvalue weighted by Crippen LogP contribution is 1.99. The molecule has 2 nitrogen and oxygen atoms in total. The topological polar surface area (TPSA) is 6.48 Å². The Bertz CT molecular complexity index is 107. The van der Waals surface area contributed by atoms with E-state index >= 15 is 0 Å². The van der Waals surface area contributed by atoms with E-state index in [0.29, 0.717) is 6.04 Å². The van der Waals surface area contributed by atoms with E-state index in [-0.39, 0.29) is 0 Å². The molecule has 0 fully saturated rings. The number of hydrogen-bond donors (Lipinski definition) is 0. The first-order chi connectivity index (χ1) is 5.57. The quantitative estimate of drug-likeness (QED) is 0.589. The molecule has 0 aromatic carbocycles. The molecule has 0 radical (unpaired) electrons. The van der Waals surface area contributed by atoms with Crippen LogP contribution in [0, 0.1) is 0 Å². The fourth-order valence-electron chi connectivity index (χ4n) is 0.975. The Labute approximate surface area is 81.5 Å². The predicted octanol–water partition coefficient (Wildman–Crippen LogP) is 1.50. The fourth-order valence-corrected chi connectivity index (χ4v) is 1.21. The summed E-state index contributed by atoms with van der Waals surface area (Å²) in [6, 6.07) is 0.494. The maximum Gasteiger partial charge on any atom is 0.0376 e. The van der Waals surface area contributed by atoms with E-state index in [4.69, 9.17) is 11.6 Å². The Morgan fingerprint density at radius 1 is 1.17 bits per heavy atom. The minimum absolute atomic E-state index is 0.494. The monoisotopic (exact) mass is 192 g/mol. The van der Waals surface area contributed by atoms with Gasteiger partial charge in [-0.05, 0) is 47.6 Å². The highest BCUT2D eigenvalue weighted by atomic mass is 35.5. The molecular weight excluding hydrogens is 172 g/mol. The third-order valence-electron chi connectivity index (χ3n) is 2.09. The van der Waals surface area contributed by atoms with E-state index in [0.717, 1.165) is 19.0 Å². The zero-order valence-corrected chi connectivity index (χ0v) is 9.43. The van der Waals surface area contributed by atoms with Gasteiger partial charge in [-0.2, -0.15) is 0 Å². The molecule has 0 aromatic rings. The van der Waals surface area contributed by atoms with Gasteiger partial charge < -0.3 is 9.80 Å². The summed E-state index contributed by atoms with van der Waals surface area (Å²) in [5, 5.41) is 0. The van der Waals surface area contributed by atoms with E-state index in [2.05, 4.69) is 37.9 Å². The summed E-state index contributed by atoms with van der Waals surface area (Å²) in [6.07, 6.45) is 1.21. The molecule has 3 heteroatoms. The van der Waals surface area contributed by atoms with Crippen molar-refractivity contribution < 1.29 is 0 Å². The smallest absolute Gasteiger partial charge is 0.0376 e. The molecule has 74 valence electrons. The van der Waals surface area contributed by atoms with Gasteiger partial charge in [0.25, 0.3) is 0 Å². The van der Waals surface area contributed by atoms with Gasteiger partial charge in [-0.3, -0.25) is 0 Å². The first-order valence-corrected chi connectivity index (χ1v) is 5.02. The fraction of sp³-hybridized carbons (Fsp3) is 1.00. The zero-order valence-electron chi connectivity index (χ0n) is 8.68. The average Bonchev–Trinajstić information content (AvgIpc) is 2.02. The number of alkyl halides is 1. The van der Waals surface area contributed by atoms with Gasteiger partial charge in [0.2, 0.25) is 0 Å². The second-order valence-corrected chi connectivity index (χ2v) is 3.95. The summed E-state index contributed by atoms with van der Waals surface area (Å²) in [5.41, 5.74) is 0. The third-order valence-corrected chi connectivity index (χ3v) is 2.54. The molecule has 0 aliphatic rings. The van der Waals surface area contributed by atoms with Crippen LogP contribution in [0.3, 0.4) is 0 Å². The van der Waals surface area contributed by atoms with Crippen molar-refractivity contribution in [2.24, 2.45) is 0 Å². The van der Waals surface area contributed by atoms with Crippen molar-refractivity contribution in [2.75, 3.05) is 40.1 Å². The standard InChI is InChI=1S/C9H21ClN2/c1-9(8-10)12(4)7-5-6-11(2)3/h9H,5-8H2,1-4H3. The predicted molar refractivity (Wildman–Crippen MR) is 56.0 cm³/mol. The van der Waals surface area contributed by atoms with Crippen LogP contribution >= 0.6 is 11.6 Å². The number of hydrogen-bond acceptors (Lipinski definition) is 2. The molecule has 0 bridgehead atoms. The molecule has 0 N–H and O–H groups in total. The average molecular weight is 193 g/mol. The van der Waals surface area contributed by atoms with Crippen LogP contribution in [0.15, 0.2) is 0 Å². The molecule has 0 saturated carbocycles. The van der Waals surface area contributed by atoms with Crippen LogP contribution in [0.4, 0.5) is 0 Å². The van der Waals surface area contributed by atoms with Crippen LogP contribution in [0.5, 0.6) is 0 Å². The summed E-state index contributed by atoms with van der Waals surface area (Å²) < 4.78 is 0. The van der Waals surface area contributed by atoms with Gasteiger partial charge in [-0.15, -0.1) is 11.6 Å². The molecular formula is C9H21ClN2. The Morgan fingerprint density at radius 3 is 2.17 bits per heavy atom. The molecule has 0 saturated heterocycles. The van der Waals surface area contributed by atoms with Crippen LogP contribution < -0.4 is 0 Å². The van der Waals surface area contributed by atoms with Crippen molar-refractivity contribution in [3.63, 3.8) is 0 Å². The van der Waals surface area contributed by atoms with Gasteiger partial charge in [0.1, 0.15) is 0 Å². The zero-order chi connectivity index (χ0) is 9.56. The Kier molecular flexibility index (Phi) is 6.81. The summed E-state index contributed by atoms with van der Waals surface area (Å²) in [6.45, 7) is 4.44. The van der Waals surface area contributed by atoms with Crippen molar-refractivity contribution in [1.29, 1.82) is 0 Å². The summed E-state index contributed by atoms with van der Waals surface area (Å²) >= 11 is 5.74. The minimum Gasteiger partial charge on any atom is -0.309 e. The Hall–Kier alpha value is 0.210. The van der Waals surface area contributed by atoms with Crippen LogP contribution in [-0.4, -0.2) is 56.0 Å². The van der Waals surface area contributed by atoms with Crippen LogP contribution in [0.2, 0.25) is 0 Å². The van der Waals surface area contributed by atoms with Gasteiger partial charge in [0.15, 0.2) is 0 Å². The lowest BCUT2D eigenvalue weighted by atomic mass is 10.3. The minimum atomic E-state index is 0.494. The third kappa shape index (κ3) is 5.81. The second kappa shape index (κ2) is 6.70. The van der Waals surface area contributed by atoms with Crippen LogP contribution in [0.1, 0.15) is 13.3 Å². The van der Waals surface area contributed by atoms with E-state index in [1.807, 2.05) is 0 Å². The molecule has 0 aliphatic heterocycles. The summed E-state index contributed by atoms with van der Waals surface area (Å²) in [7, 11) is 6.33. The highest BCUT2D eigenvalue weighted by molar-refractivity contribution is 6.18. The van der Waals surface area contributed by atoms with Gasteiger partial charge in [0.05, 0.1) is 0 Å². The lowest BCUT2D eigenvalue weighted by molar-refractivity contribution is 0.257. The Morgan fingerprint density at radius 2 is 1.75 bits per heavy atom. The maximum atomic E-state index is 5.74. The number of halogens is 1. The lowest BCUT2D eigenvalue weighted by Gasteiger charge is -2.23. The van der Waals surface area contributed by atoms with Crippen LogP contribution in [0.25, 0.3) is 0 Å². The largest absolute Gasteiger partial charge is 0.309 e.